The first-order valence-electron chi connectivity index (χ1n) is 6.12. The number of aliphatic hydroxyl groups excluding tert-OH is 1. The monoisotopic (exact) mass is 300 g/mol. The van der Waals surface area contributed by atoms with Crippen molar-refractivity contribution >= 4 is 0 Å². The van der Waals surface area contributed by atoms with E-state index in [9.17, 15) is 22.7 Å². The molecule has 2 aromatic carbocycles. The van der Waals surface area contributed by atoms with E-state index in [0.717, 1.165) is 12.1 Å². The minimum absolute atomic E-state index is 0.0334. The molecule has 21 heavy (non-hydrogen) atoms. The maximum atomic E-state index is 13.5. The molecule has 2 rings (SSSR count). The van der Waals surface area contributed by atoms with Crippen molar-refractivity contribution in [2.75, 3.05) is 0 Å². The van der Waals surface area contributed by atoms with Crippen molar-refractivity contribution in [3.05, 3.63) is 65.2 Å². The Labute approximate surface area is 118 Å². The molecule has 2 aromatic rings. The first kappa shape index (κ1) is 15.3. The van der Waals surface area contributed by atoms with E-state index in [2.05, 4.69) is 4.74 Å². The van der Waals surface area contributed by atoms with Crippen LogP contribution in [0, 0.1) is 11.6 Å². The van der Waals surface area contributed by atoms with Gasteiger partial charge in [0.25, 0.3) is 0 Å². The zero-order valence-electron chi connectivity index (χ0n) is 10.8. The molecule has 0 aliphatic heterocycles. The minimum atomic E-state index is -2.92. The average molecular weight is 300 g/mol. The van der Waals surface area contributed by atoms with E-state index in [0.29, 0.717) is 5.56 Å². The van der Waals surface area contributed by atoms with E-state index in [1.807, 2.05) is 0 Å². The van der Waals surface area contributed by atoms with Crippen molar-refractivity contribution in [3.63, 3.8) is 0 Å². The molecule has 0 aromatic heterocycles. The van der Waals surface area contributed by atoms with Gasteiger partial charge in [0.1, 0.15) is 17.4 Å². The number of hydrogen-bond donors (Lipinski definition) is 1. The Morgan fingerprint density at radius 3 is 2.24 bits per heavy atom. The normalized spacial score (nSPS) is 12.5. The fourth-order valence-corrected chi connectivity index (χ4v) is 1.88. The van der Waals surface area contributed by atoms with Gasteiger partial charge >= 0.3 is 6.61 Å². The van der Waals surface area contributed by atoms with Gasteiger partial charge in [-0.2, -0.15) is 8.78 Å². The lowest BCUT2D eigenvalue weighted by atomic mass is 10.0. The summed E-state index contributed by atoms with van der Waals surface area (Å²) >= 11 is 0. The number of ether oxygens (including phenoxy) is 1. The molecule has 112 valence electrons. The zero-order chi connectivity index (χ0) is 15.4. The van der Waals surface area contributed by atoms with Crippen LogP contribution < -0.4 is 4.74 Å². The molecular formula is C15H12F4O2. The Morgan fingerprint density at radius 1 is 1.00 bits per heavy atom. The fourth-order valence-electron chi connectivity index (χ4n) is 1.88. The molecule has 0 fully saturated rings. The van der Waals surface area contributed by atoms with Gasteiger partial charge < -0.3 is 9.84 Å². The third-order valence-corrected chi connectivity index (χ3v) is 2.92. The molecule has 1 N–H and O–H groups in total. The molecule has 0 saturated heterocycles. The summed E-state index contributed by atoms with van der Waals surface area (Å²) in [5.41, 5.74) is 0.581. The summed E-state index contributed by atoms with van der Waals surface area (Å²) in [6, 6.07) is 8.47. The van der Waals surface area contributed by atoms with Crippen molar-refractivity contribution < 1.29 is 27.4 Å². The number of rotatable bonds is 5. The second-order valence-electron chi connectivity index (χ2n) is 4.40. The summed E-state index contributed by atoms with van der Waals surface area (Å²) in [5, 5.41) is 9.99. The SMILES string of the molecule is OC(Cc1ccc(F)cc1F)c1ccc(OC(F)F)cc1. The van der Waals surface area contributed by atoms with Gasteiger partial charge in [0.15, 0.2) is 0 Å². The van der Waals surface area contributed by atoms with Crippen molar-refractivity contribution in [1.29, 1.82) is 0 Å². The van der Waals surface area contributed by atoms with Crippen molar-refractivity contribution in [3.8, 4) is 5.75 Å². The third-order valence-electron chi connectivity index (χ3n) is 2.92. The largest absolute Gasteiger partial charge is 0.435 e. The second kappa shape index (κ2) is 6.58. The summed E-state index contributed by atoms with van der Waals surface area (Å²) in [6.45, 7) is -2.92. The highest BCUT2D eigenvalue weighted by molar-refractivity contribution is 5.30. The average Bonchev–Trinajstić information content (AvgIpc) is 2.42. The van der Waals surface area contributed by atoms with Gasteiger partial charge in [0.2, 0.25) is 0 Å². The molecular weight excluding hydrogens is 288 g/mol. The van der Waals surface area contributed by atoms with E-state index < -0.39 is 24.3 Å². The van der Waals surface area contributed by atoms with Crippen LogP contribution in [0.1, 0.15) is 17.2 Å². The fraction of sp³-hybridized carbons (Fsp3) is 0.200. The van der Waals surface area contributed by atoms with Crippen molar-refractivity contribution in [2.45, 2.75) is 19.1 Å². The quantitative estimate of drug-likeness (QED) is 0.850. The van der Waals surface area contributed by atoms with E-state index >= 15 is 0 Å². The predicted molar refractivity (Wildman–Crippen MR) is 68.1 cm³/mol. The maximum Gasteiger partial charge on any atom is 0.387 e. The standard InChI is InChI=1S/C15H12F4O2/c16-11-4-1-10(13(17)8-11)7-14(20)9-2-5-12(6-3-9)21-15(18)19/h1-6,8,14-15,20H,7H2. The van der Waals surface area contributed by atoms with Crippen LogP contribution in [-0.4, -0.2) is 11.7 Å². The number of hydrogen-bond acceptors (Lipinski definition) is 2. The predicted octanol–water partition coefficient (Wildman–Crippen LogP) is 3.84. The lowest BCUT2D eigenvalue weighted by molar-refractivity contribution is -0.0498. The molecule has 0 aliphatic carbocycles. The van der Waals surface area contributed by atoms with E-state index in [-0.39, 0.29) is 17.7 Å². The van der Waals surface area contributed by atoms with Gasteiger partial charge in [-0.05, 0) is 29.3 Å². The Bertz CT molecular complexity index is 599. The van der Waals surface area contributed by atoms with Gasteiger partial charge in [-0.15, -0.1) is 0 Å². The van der Waals surface area contributed by atoms with Crippen LogP contribution in [0.25, 0.3) is 0 Å². The van der Waals surface area contributed by atoms with Crippen molar-refractivity contribution in [1.82, 2.24) is 0 Å². The van der Waals surface area contributed by atoms with Crippen LogP contribution in [0.4, 0.5) is 17.6 Å². The number of benzene rings is 2. The summed E-state index contributed by atoms with van der Waals surface area (Å²) in [4.78, 5) is 0. The number of halogens is 4. The Balaban J connectivity index is 2.07. The van der Waals surface area contributed by atoms with Crippen LogP contribution in [-0.2, 0) is 6.42 Å². The van der Waals surface area contributed by atoms with Gasteiger partial charge in [0.05, 0.1) is 6.10 Å². The van der Waals surface area contributed by atoms with Crippen LogP contribution >= 0.6 is 0 Å². The van der Waals surface area contributed by atoms with Crippen LogP contribution in [0.15, 0.2) is 42.5 Å². The molecule has 1 unspecified atom stereocenters. The van der Waals surface area contributed by atoms with E-state index in [4.69, 9.17) is 0 Å². The summed E-state index contributed by atoms with van der Waals surface area (Å²) in [5.74, 6) is -1.47. The van der Waals surface area contributed by atoms with Gasteiger partial charge in [-0.3, -0.25) is 0 Å². The molecule has 2 nitrogen and oxygen atoms in total. The maximum absolute atomic E-state index is 13.5. The number of aliphatic hydroxyl groups is 1. The van der Waals surface area contributed by atoms with Crippen LogP contribution in [0.3, 0.4) is 0 Å². The first-order chi connectivity index (χ1) is 9.95. The molecule has 0 saturated carbocycles. The molecule has 0 radical (unpaired) electrons. The zero-order valence-corrected chi connectivity index (χ0v) is 10.8. The van der Waals surface area contributed by atoms with Crippen LogP contribution in [0.5, 0.6) is 5.75 Å². The highest BCUT2D eigenvalue weighted by atomic mass is 19.3. The van der Waals surface area contributed by atoms with Gasteiger partial charge in [0, 0.05) is 12.5 Å². The van der Waals surface area contributed by atoms with E-state index in [1.165, 1.54) is 30.3 Å². The summed E-state index contributed by atoms with van der Waals surface area (Å²) in [6.07, 6.45) is -1.09. The highest BCUT2D eigenvalue weighted by Crippen LogP contribution is 2.23. The van der Waals surface area contributed by atoms with Crippen molar-refractivity contribution in [2.24, 2.45) is 0 Å². The van der Waals surface area contributed by atoms with Gasteiger partial charge in [-0.25, -0.2) is 8.78 Å². The Kier molecular flexibility index (Phi) is 4.80. The number of alkyl halides is 2. The molecule has 0 aliphatic rings. The van der Waals surface area contributed by atoms with E-state index in [1.54, 1.807) is 0 Å². The second-order valence-corrected chi connectivity index (χ2v) is 4.40. The van der Waals surface area contributed by atoms with Gasteiger partial charge in [-0.1, -0.05) is 18.2 Å². The molecule has 1 atom stereocenters. The summed E-state index contributed by atoms with van der Waals surface area (Å²) < 4.78 is 54.4. The van der Waals surface area contributed by atoms with Crippen LogP contribution in [0.2, 0.25) is 0 Å². The highest BCUT2D eigenvalue weighted by Gasteiger charge is 2.13. The molecule has 6 heteroatoms. The lowest BCUT2D eigenvalue weighted by Gasteiger charge is -2.12. The first-order valence-corrected chi connectivity index (χ1v) is 6.12. The smallest absolute Gasteiger partial charge is 0.387 e. The molecule has 0 bridgehead atoms. The topological polar surface area (TPSA) is 29.5 Å². The lowest BCUT2D eigenvalue weighted by Crippen LogP contribution is -2.05. The Morgan fingerprint density at radius 2 is 1.67 bits per heavy atom. The minimum Gasteiger partial charge on any atom is -0.435 e. The molecule has 0 heterocycles. The molecule has 0 amide bonds. The Hall–Kier alpha value is -2.08. The molecule has 0 spiro atoms. The summed E-state index contributed by atoms with van der Waals surface area (Å²) in [7, 11) is 0. The third kappa shape index (κ3) is 4.19.